The van der Waals surface area contributed by atoms with Gasteiger partial charge in [0.1, 0.15) is 11.4 Å². The van der Waals surface area contributed by atoms with E-state index in [4.69, 9.17) is 9.26 Å². The van der Waals surface area contributed by atoms with E-state index in [1.165, 1.54) is 11.3 Å². The summed E-state index contributed by atoms with van der Waals surface area (Å²) in [5.41, 5.74) is 3.09. The van der Waals surface area contributed by atoms with E-state index in [2.05, 4.69) is 15.5 Å². The Labute approximate surface area is 184 Å². The zero-order valence-corrected chi connectivity index (χ0v) is 19.1. The summed E-state index contributed by atoms with van der Waals surface area (Å²) in [6.07, 6.45) is 0.223. The number of aromatic nitrogens is 2. The van der Waals surface area contributed by atoms with Crippen LogP contribution in [0.25, 0.3) is 21.3 Å². The highest BCUT2D eigenvalue weighted by Crippen LogP contribution is 2.33. The Hall–Kier alpha value is -2.94. The van der Waals surface area contributed by atoms with E-state index < -0.39 is 5.60 Å². The van der Waals surface area contributed by atoms with E-state index >= 15 is 0 Å². The predicted octanol–water partition coefficient (Wildman–Crippen LogP) is 4.76. The Kier molecular flexibility index (Phi) is 5.47. The van der Waals surface area contributed by atoms with Crippen LogP contribution in [0.1, 0.15) is 38.6 Å². The Morgan fingerprint density at radius 3 is 2.74 bits per heavy atom. The highest BCUT2D eigenvalue weighted by atomic mass is 32.1. The van der Waals surface area contributed by atoms with Gasteiger partial charge in [0.25, 0.3) is 0 Å². The highest BCUT2D eigenvalue weighted by molar-refractivity contribution is 7.22. The molecule has 1 aliphatic rings. The van der Waals surface area contributed by atoms with Crippen molar-refractivity contribution < 1.29 is 18.8 Å². The summed E-state index contributed by atoms with van der Waals surface area (Å²) in [5, 5.41) is 7.48. The van der Waals surface area contributed by atoms with Gasteiger partial charge in [-0.3, -0.25) is 4.79 Å². The molecule has 0 spiro atoms. The van der Waals surface area contributed by atoms with Crippen LogP contribution in [-0.2, 0) is 9.53 Å². The van der Waals surface area contributed by atoms with E-state index in [-0.39, 0.29) is 17.9 Å². The molecule has 3 aromatic rings. The van der Waals surface area contributed by atoms with E-state index in [1.807, 2.05) is 52.8 Å². The molecule has 31 heavy (non-hydrogen) atoms. The van der Waals surface area contributed by atoms with Crippen molar-refractivity contribution in [2.75, 3.05) is 18.4 Å². The van der Waals surface area contributed by atoms with Gasteiger partial charge in [0, 0.05) is 18.7 Å². The van der Waals surface area contributed by atoms with E-state index in [0.717, 1.165) is 32.8 Å². The minimum Gasteiger partial charge on any atom is -0.444 e. The lowest BCUT2D eigenvalue weighted by Crippen LogP contribution is -2.36. The fourth-order valence-electron chi connectivity index (χ4n) is 3.70. The number of anilines is 1. The van der Waals surface area contributed by atoms with Crippen LogP contribution < -0.4 is 5.32 Å². The van der Waals surface area contributed by atoms with E-state index in [9.17, 15) is 9.59 Å². The minimum absolute atomic E-state index is 0.129. The van der Waals surface area contributed by atoms with Crippen LogP contribution in [0.15, 0.2) is 22.7 Å². The van der Waals surface area contributed by atoms with Gasteiger partial charge in [-0.25, -0.2) is 9.78 Å². The Morgan fingerprint density at radius 2 is 2.06 bits per heavy atom. The second-order valence-corrected chi connectivity index (χ2v) is 9.83. The number of carbonyl (C=O) groups is 2. The first-order chi connectivity index (χ1) is 14.6. The molecule has 1 fully saturated rings. The van der Waals surface area contributed by atoms with Gasteiger partial charge in [0.05, 0.1) is 21.8 Å². The SMILES string of the molecule is Cc1noc(C)c1-c1ccc2nc(NC(=O)[C@H]3CCN(C(=O)OC(C)(C)C)C3)sc2c1. The number of nitrogens with zero attached hydrogens (tertiary/aromatic N) is 3. The molecular formula is C22H26N4O4S. The molecule has 1 saturated heterocycles. The van der Waals surface area contributed by atoms with Crippen LogP contribution in [0.2, 0.25) is 0 Å². The van der Waals surface area contributed by atoms with Crippen molar-refractivity contribution in [3.8, 4) is 11.1 Å². The molecule has 3 heterocycles. The van der Waals surface area contributed by atoms with Gasteiger partial charge in [-0.2, -0.15) is 0 Å². The molecule has 2 amide bonds. The molecule has 2 aromatic heterocycles. The molecule has 4 rings (SSSR count). The van der Waals surface area contributed by atoms with Crippen LogP contribution in [0.3, 0.4) is 0 Å². The Balaban J connectivity index is 1.44. The first-order valence-electron chi connectivity index (χ1n) is 10.2. The highest BCUT2D eigenvalue weighted by Gasteiger charge is 2.33. The van der Waals surface area contributed by atoms with Crippen LogP contribution >= 0.6 is 11.3 Å². The Morgan fingerprint density at radius 1 is 1.29 bits per heavy atom. The Bertz CT molecular complexity index is 1120. The average molecular weight is 443 g/mol. The molecule has 0 unspecified atom stereocenters. The third-order valence-corrected chi connectivity index (χ3v) is 6.08. The second kappa shape index (κ2) is 7.96. The number of ether oxygens (including phenoxy) is 1. The van der Waals surface area contributed by atoms with Gasteiger partial charge in [-0.15, -0.1) is 0 Å². The topological polar surface area (TPSA) is 97.6 Å². The molecule has 9 heteroatoms. The van der Waals surface area contributed by atoms with Crippen molar-refractivity contribution in [2.24, 2.45) is 5.92 Å². The first kappa shape index (κ1) is 21.3. The van der Waals surface area contributed by atoms with Gasteiger partial charge in [0.15, 0.2) is 5.13 Å². The van der Waals surface area contributed by atoms with E-state index in [0.29, 0.717) is 24.6 Å². The van der Waals surface area contributed by atoms with Crippen molar-refractivity contribution >= 4 is 38.7 Å². The predicted molar refractivity (Wildman–Crippen MR) is 119 cm³/mol. The summed E-state index contributed by atoms with van der Waals surface area (Å²) in [7, 11) is 0. The summed E-state index contributed by atoms with van der Waals surface area (Å²) in [6.45, 7) is 10.1. The molecule has 0 bridgehead atoms. The monoisotopic (exact) mass is 442 g/mol. The maximum Gasteiger partial charge on any atom is 0.410 e. The third-order valence-electron chi connectivity index (χ3n) is 5.15. The molecule has 164 valence electrons. The van der Waals surface area contributed by atoms with Crippen LogP contribution in [-0.4, -0.2) is 45.7 Å². The maximum absolute atomic E-state index is 12.7. The second-order valence-electron chi connectivity index (χ2n) is 8.80. The largest absolute Gasteiger partial charge is 0.444 e. The molecule has 0 radical (unpaired) electrons. The fraction of sp³-hybridized carbons (Fsp3) is 0.455. The first-order valence-corrected chi connectivity index (χ1v) is 11.0. The van der Waals surface area contributed by atoms with Gasteiger partial charge in [0.2, 0.25) is 5.91 Å². The number of benzene rings is 1. The number of amides is 2. The van der Waals surface area contributed by atoms with Gasteiger partial charge in [-0.1, -0.05) is 22.6 Å². The maximum atomic E-state index is 12.7. The number of fused-ring (bicyclic) bond motifs is 1. The quantitative estimate of drug-likeness (QED) is 0.628. The molecule has 0 aliphatic carbocycles. The number of carbonyl (C=O) groups excluding carboxylic acids is 2. The third kappa shape index (κ3) is 4.56. The van der Waals surface area contributed by atoms with Crippen molar-refractivity contribution in [1.29, 1.82) is 0 Å². The standard InChI is InChI=1S/C22H26N4O4S/c1-12-18(13(2)30-25-12)14-6-7-16-17(10-14)31-20(23-16)24-19(27)15-8-9-26(11-15)21(28)29-22(3,4)5/h6-7,10,15H,8-9,11H2,1-5H3,(H,23,24,27)/t15-/m0/s1. The smallest absolute Gasteiger partial charge is 0.410 e. The molecule has 1 aliphatic heterocycles. The normalized spacial score (nSPS) is 16.7. The van der Waals surface area contributed by atoms with Crippen molar-refractivity contribution in [1.82, 2.24) is 15.0 Å². The summed E-state index contributed by atoms with van der Waals surface area (Å²) in [5.74, 6) is 0.360. The number of aryl methyl sites for hydroxylation is 2. The molecule has 1 aromatic carbocycles. The van der Waals surface area contributed by atoms with E-state index in [1.54, 1.807) is 4.90 Å². The summed E-state index contributed by atoms with van der Waals surface area (Å²) < 4.78 is 11.6. The number of hydrogen-bond acceptors (Lipinski definition) is 7. The van der Waals surface area contributed by atoms with Gasteiger partial charge >= 0.3 is 6.09 Å². The lowest BCUT2D eigenvalue weighted by molar-refractivity contribution is -0.119. The number of nitrogens with one attached hydrogen (secondary N) is 1. The van der Waals surface area contributed by atoms with Crippen molar-refractivity contribution in [3.05, 3.63) is 29.7 Å². The minimum atomic E-state index is -0.555. The number of thiazole rings is 1. The average Bonchev–Trinajstić information content (AvgIpc) is 3.38. The fourth-order valence-corrected chi connectivity index (χ4v) is 4.61. The van der Waals surface area contributed by atoms with Crippen LogP contribution in [0.4, 0.5) is 9.93 Å². The van der Waals surface area contributed by atoms with Crippen molar-refractivity contribution in [2.45, 2.75) is 46.6 Å². The molecule has 1 N–H and O–H groups in total. The zero-order chi connectivity index (χ0) is 22.3. The number of hydrogen-bond donors (Lipinski definition) is 1. The summed E-state index contributed by atoms with van der Waals surface area (Å²) in [4.78, 5) is 31.1. The van der Waals surface area contributed by atoms with Gasteiger partial charge in [-0.05, 0) is 58.7 Å². The van der Waals surface area contributed by atoms with Gasteiger partial charge < -0.3 is 19.5 Å². The molecule has 1 atom stereocenters. The summed E-state index contributed by atoms with van der Waals surface area (Å²) >= 11 is 1.42. The molecule has 0 saturated carbocycles. The lowest BCUT2D eigenvalue weighted by Gasteiger charge is -2.24. The summed E-state index contributed by atoms with van der Waals surface area (Å²) in [6, 6.07) is 5.95. The number of rotatable bonds is 3. The van der Waals surface area contributed by atoms with Crippen LogP contribution in [0.5, 0.6) is 0 Å². The lowest BCUT2D eigenvalue weighted by atomic mass is 10.0. The number of likely N-dealkylation sites (tertiary alicyclic amines) is 1. The van der Waals surface area contributed by atoms with Crippen molar-refractivity contribution in [3.63, 3.8) is 0 Å². The van der Waals surface area contributed by atoms with Crippen LogP contribution in [0, 0.1) is 19.8 Å². The molecule has 8 nitrogen and oxygen atoms in total. The molecular weight excluding hydrogens is 416 g/mol. The zero-order valence-electron chi connectivity index (χ0n) is 18.3.